The summed E-state index contributed by atoms with van der Waals surface area (Å²) in [6.07, 6.45) is 0.705. The van der Waals surface area contributed by atoms with E-state index in [-0.39, 0.29) is 11.7 Å². The van der Waals surface area contributed by atoms with Gasteiger partial charge < -0.3 is 0 Å². The topological polar surface area (TPSA) is 34.1 Å². The van der Waals surface area contributed by atoms with Crippen LogP contribution in [0.1, 0.15) is 26.3 Å². The molecule has 17 heavy (non-hydrogen) atoms. The SMILES string of the molecule is [CH2][C@@H](Cc1ccccc1)CS(=O)(=O)C(C)(C)C. The van der Waals surface area contributed by atoms with Gasteiger partial charge in [-0.15, -0.1) is 0 Å². The first-order valence-electron chi connectivity index (χ1n) is 5.82. The summed E-state index contributed by atoms with van der Waals surface area (Å²) in [6.45, 7) is 9.15. The molecule has 0 unspecified atom stereocenters. The van der Waals surface area contributed by atoms with Crippen LogP contribution in [-0.2, 0) is 16.3 Å². The second-order valence-corrected chi connectivity index (χ2v) is 8.24. The molecule has 0 heterocycles. The zero-order valence-corrected chi connectivity index (χ0v) is 11.6. The molecule has 1 radical (unpaired) electrons. The first kappa shape index (κ1) is 14.2. The number of sulfone groups is 1. The van der Waals surface area contributed by atoms with Crippen molar-refractivity contribution in [2.45, 2.75) is 31.9 Å². The van der Waals surface area contributed by atoms with Crippen LogP contribution >= 0.6 is 0 Å². The van der Waals surface area contributed by atoms with Crippen LogP contribution in [-0.4, -0.2) is 18.9 Å². The Kier molecular flexibility index (Phi) is 4.36. The Hall–Kier alpha value is -0.830. The molecular formula is C14H21O2S. The average molecular weight is 253 g/mol. The Morgan fingerprint density at radius 3 is 2.18 bits per heavy atom. The van der Waals surface area contributed by atoms with Gasteiger partial charge in [0.2, 0.25) is 0 Å². The van der Waals surface area contributed by atoms with E-state index in [9.17, 15) is 8.42 Å². The molecule has 0 aliphatic carbocycles. The molecule has 0 saturated heterocycles. The third-order valence-corrected chi connectivity index (χ3v) is 5.53. The standard InChI is InChI=1S/C14H21O2S/c1-12(10-13-8-6-5-7-9-13)11-17(15,16)14(2,3)4/h5-9,12H,1,10-11H2,2-4H3/t12-/m0/s1. The third-order valence-electron chi connectivity index (χ3n) is 2.76. The molecule has 0 spiro atoms. The molecule has 0 fully saturated rings. The Morgan fingerprint density at radius 2 is 1.71 bits per heavy atom. The summed E-state index contributed by atoms with van der Waals surface area (Å²) >= 11 is 0. The van der Waals surface area contributed by atoms with Crippen molar-refractivity contribution in [3.05, 3.63) is 42.8 Å². The summed E-state index contributed by atoms with van der Waals surface area (Å²) < 4.78 is 23.3. The Bertz CT molecular complexity index is 441. The van der Waals surface area contributed by atoms with Gasteiger partial charge in [-0.25, -0.2) is 8.42 Å². The van der Waals surface area contributed by atoms with Crippen LogP contribution in [0, 0.1) is 12.8 Å². The molecule has 3 heteroatoms. The minimum absolute atomic E-state index is 0.0957. The lowest BCUT2D eigenvalue weighted by molar-refractivity contribution is 0.547. The van der Waals surface area contributed by atoms with Crippen LogP contribution in [0.5, 0.6) is 0 Å². The van der Waals surface area contributed by atoms with E-state index in [1.54, 1.807) is 20.8 Å². The van der Waals surface area contributed by atoms with E-state index in [0.29, 0.717) is 6.42 Å². The highest BCUT2D eigenvalue weighted by molar-refractivity contribution is 7.92. The quantitative estimate of drug-likeness (QED) is 0.827. The van der Waals surface area contributed by atoms with Crippen LogP contribution in [0.25, 0.3) is 0 Å². The smallest absolute Gasteiger partial charge is 0.155 e. The molecule has 0 aromatic heterocycles. The predicted octanol–water partition coefficient (Wildman–Crippen LogP) is 2.89. The maximum atomic E-state index is 12.0. The van der Waals surface area contributed by atoms with Crippen LogP contribution < -0.4 is 0 Å². The molecule has 95 valence electrons. The lowest BCUT2D eigenvalue weighted by Gasteiger charge is -2.22. The highest BCUT2D eigenvalue weighted by Gasteiger charge is 2.30. The maximum absolute atomic E-state index is 12.0. The van der Waals surface area contributed by atoms with Crippen molar-refractivity contribution in [3.63, 3.8) is 0 Å². The Morgan fingerprint density at radius 1 is 1.18 bits per heavy atom. The minimum atomic E-state index is -3.08. The molecule has 2 nitrogen and oxygen atoms in total. The van der Waals surface area contributed by atoms with Crippen molar-refractivity contribution in [1.29, 1.82) is 0 Å². The van der Waals surface area contributed by atoms with Crippen LogP contribution in [0.15, 0.2) is 30.3 Å². The van der Waals surface area contributed by atoms with Gasteiger partial charge in [-0.05, 0) is 45.6 Å². The summed E-state index contributed by atoms with van der Waals surface area (Å²) in [5.41, 5.74) is 1.14. The zero-order chi connectivity index (χ0) is 13.1. The van der Waals surface area contributed by atoms with Gasteiger partial charge in [0.05, 0.1) is 10.5 Å². The lowest BCUT2D eigenvalue weighted by Crippen LogP contribution is -2.33. The number of benzene rings is 1. The van der Waals surface area contributed by atoms with Crippen LogP contribution in [0.2, 0.25) is 0 Å². The molecule has 0 saturated carbocycles. The second-order valence-electron chi connectivity index (χ2n) is 5.45. The van der Waals surface area contributed by atoms with E-state index in [4.69, 9.17) is 0 Å². The van der Waals surface area contributed by atoms with Gasteiger partial charge in [0.15, 0.2) is 9.84 Å². The van der Waals surface area contributed by atoms with Gasteiger partial charge in [-0.2, -0.15) is 0 Å². The number of hydrogen-bond donors (Lipinski definition) is 0. The Labute approximate surface area is 105 Å². The first-order chi connectivity index (χ1) is 7.72. The predicted molar refractivity (Wildman–Crippen MR) is 72.5 cm³/mol. The van der Waals surface area contributed by atoms with Gasteiger partial charge in [-0.1, -0.05) is 30.3 Å². The summed E-state index contributed by atoms with van der Waals surface area (Å²) in [5.74, 6) is 0.0485. The molecule has 0 aliphatic rings. The fraction of sp³-hybridized carbons (Fsp3) is 0.500. The fourth-order valence-corrected chi connectivity index (χ4v) is 2.81. The van der Waals surface area contributed by atoms with Gasteiger partial charge >= 0.3 is 0 Å². The van der Waals surface area contributed by atoms with Crippen molar-refractivity contribution in [2.75, 3.05) is 5.75 Å². The lowest BCUT2D eigenvalue weighted by atomic mass is 10.0. The first-order valence-corrected chi connectivity index (χ1v) is 7.47. The maximum Gasteiger partial charge on any atom is 0.155 e. The number of rotatable bonds is 4. The molecule has 1 aromatic carbocycles. The van der Waals surface area contributed by atoms with E-state index in [0.717, 1.165) is 5.56 Å². The van der Waals surface area contributed by atoms with Crippen molar-refractivity contribution in [3.8, 4) is 0 Å². The van der Waals surface area contributed by atoms with Crippen LogP contribution in [0.3, 0.4) is 0 Å². The Balaban J connectivity index is 2.66. The normalized spacial score (nSPS) is 14.6. The molecular weight excluding hydrogens is 232 g/mol. The molecule has 0 aliphatic heterocycles. The van der Waals surface area contributed by atoms with Crippen molar-refractivity contribution >= 4 is 9.84 Å². The third kappa shape index (κ3) is 4.15. The van der Waals surface area contributed by atoms with Crippen molar-refractivity contribution in [2.24, 2.45) is 5.92 Å². The van der Waals surface area contributed by atoms with Crippen LogP contribution in [0.4, 0.5) is 0 Å². The van der Waals surface area contributed by atoms with E-state index >= 15 is 0 Å². The highest BCUT2D eigenvalue weighted by Crippen LogP contribution is 2.20. The average Bonchev–Trinajstić information content (AvgIpc) is 2.16. The highest BCUT2D eigenvalue weighted by atomic mass is 32.2. The minimum Gasteiger partial charge on any atom is -0.228 e. The summed E-state index contributed by atoms with van der Waals surface area (Å²) in [4.78, 5) is 0. The zero-order valence-electron chi connectivity index (χ0n) is 10.8. The molecule has 0 amide bonds. The van der Waals surface area contributed by atoms with E-state index in [2.05, 4.69) is 6.92 Å². The molecule has 0 bridgehead atoms. The fourth-order valence-electron chi connectivity index (χ4n) is 1.57. The van der Waals surface area contributed by atoms with Crippen molar-refractivity contribution in [1.82, 2.24) is 0 Å². The van der Waals surface area contributed by atoms with Gasteiger partial charge in [0, 0.05) is 0 Å². The second kappa shape index (κ2) is 5.21. The molecule has 1 aromatic rings. The molecule has 1 atom stereocenters. The largest absolute Gasteiger partial charge is 0.228 e. The number of hydrogen-bond acceptors (Lipinski definition) is 2. The monoisotopic (exact) mass is 253 g/mol. The molecule has 1 rings (SSSR count). The van der Waals surface area contributed by atoms with E-state index in [1.807, 2.05) is 30.3 Å². The van der Waals surface area contributed by atoms with Gasteiger partial charge in [-0.3, -0.25) is 0 Å². The van der Waals surface area contributed by atoms with Crippen molar-refractivity contribution < 1.29 is 8.42 Å². The van der Waals surface area contributed by atoms with Gasteiger partial charge in [0.1, 0.15) is 0 Å². The molecule has 0 N–H and O–H groups in total. The van der Waals surface area contributed by atoms with E-state index in [1.165, 1.54) is 0 Å². The van der Waals surface area contributed by atoms with E-state index < -0.39 is 14.6 Å². The summed E-state index contributed by atoms with van der Waals surface area (Å²) in [6, 6.07) is 9.87. The summed E-state index contributed by atoms with van der Waals surface area (Å²) in [5, 5.41) is 0. The van der Waals surface area contributed by atoms with Gasteiger partial charge in [0.25, 0.3) is 0 Å². The summed E-state index contributed by atoms with van der Waals surface area (Å²) in [7, 11) is -3.08.